The van der Waals surface area contributed by atoms with Gasteiger partial charge in [0.1, 0.15) is 0 Å². The van der Waals surface area contributed by atoms with E-state index in [2.05, 4.69) is 0 Å². The van der Waals surface area contributed by atoms with E-state index < -0.39 is 6.09 Å². The number of nitrogens with two attached hydrogens (primary N) is 1. The van der Waals surface area contributed by atoms with E-state index in [4.69, 9.17) is 10.8 Å². The smallest absolute Gasteiger partial charge is 0.407 e. The largest absolute Gasteiger partial charge is 0.465 e. The van der Waals surface area contributed by atoms with Crippen molar-refractivity contribution in [2.75, 3.05) is 13.1 Å². The predicted octanol–water partition coefficient (Wildman–Crippen LogP) is 0.868. The van der Waals surface area contributed by atoms with Gasteiger partial charge < -0.3 is 15.7 Å². The van der Waals surface area contributed by atoms with Crippen LogP contribution in [0.3, 0.4) is 0 Å². The van der Waals surface area contributed by atoms with Crippen molar-refractivity contribution >= 4 is 6.09 Å². The highest BCUT2D eigenvalue weighted by molar-refractivity contribution is 5.65. The Morgan fingerprint density at radius 3 is 2.77 bits per heavy atom. The summed E-state index contributed by atoms with van der Waals surface area (Å²) in [6.45, 7) is 1.40. The molecule has 13 heavy (non-hydrogen) atoms. The quantitative estimate of drug-likeness (QED) is 0.587. The summed E-state index contributed by atoms with van der Waals surface area (Å²) >= 11 is 0. The highest BCUT2D eigenvalue weighted by Crippen LogP contribution is 2.44. The Morgan fingerprint density at radius 1 is 1.54 bits per heavy atom. The maximum absolute atomic E-state index is 10.7. The maximum atomic E-state index is 10.7. The van der Waals surface area contributed by atoms with Crippen molar-refractivity contribution < 1.29 is 9.90 Å². The van der Waals surface area contributed by atoms with Crippen molar-refractivity contribution in [3.8, 4) is 0 Å². The van der Waals surface area contributed by atoms with Gasteiger partial charge in [0.15, 0.2) is 0 Å². The van der Waals surface area contributed by atoms with E-state index in [-0.39, 0.29) is 5.41 Å². The first-order chi connectivity index (χ1) is 6.11. The minimum absolute atomic E-state index is 0.234. The fraction of sp³-hybridized carbons (Fsp3) is 0.889. The van der Waals surface area contributed by atoms with Crippen LogP contribution in [0, 0.1) is 5.41 Å². The van der Waals surface area contributed by atoms with Gasteiger partial charge in [0.2, 0.25) is 0 Å². The number of likely N-dealkylation sites (tertiary alicyclic amines) is 1. The molecule has 1 aliphatic carbocycles. The number of hydrogen-bond donors (Lipinski definition) is 2. The third kappa shape index (κ3) is 1.50. The van der Waals surface area contributed by atoms with E-state index in [9.17, 15) is 4.79 Å². The van der Waals surface area contributed by atoms with Gasteiger partial charge in [-0.3, -0.25) is 0 Å². The zero-order chi connectivity index (χ0) is 9.47. The van der Waals surface area contributed by atoms with Gasteiger partial charge >= 0.3 is 6.09 Å². The van der Waals surface area contributed by atoms with Gasteiger partial charge in [-0.15, -0.1) is 0 Å². The van der Waals surface area contributed by atoms with Crippen molar-refractivity contribution in [1.29, 1.82) is 0 Å². The Kier molecular flexibility index (Phi) is 1.95. The number of carboxylic acid groups (broad SMARTS) is 1. The third-order valence-corrected chi connectivity index (χ3v) is 3.45. The summed E-state index contributed by atoms with van der Waals surface area (Å²) in [5, 5.41) is 8.82. The summed E-state index contributed by atoms with van der Waals surface area (Å²) < 4.78 is 0. The average molecular weight is 184 g/mol. The number of hydrogen-bond acceptors (Lipinski definition) is 2. The van der Waals surface area contributed by atoms with Gasteiger partial charge in [-0.1, -0.05) is 0 Å². The molecule has 1 heterocycles. The number of nitrogens with zero attached hydrogens (tertiary/aromatic N) is 1. The Morgan fingerprint density at radius 2 is 2.31 bits per heavy atom. The lowest BCUT2D eigenvalue weighted by Crippen LogP contribution is -2.30. The highest BCUT2D eigenvalue weighted by atomic mass is 16.4. The van der Waals surface area contributed by atoms with Crippen LogP contribution in [0.4, 0.5) is 4.79 Å². The molecule has 3 N–H and O–H groups in total. The van der Waals surface area contributed by atoms with Gasteiger partial charge in [-0.05, 0) is 31.1 Å². The molecule has 0 aromatic rings. The van der Waals surface area contributed by atoms with Crippen LogP contribution in [0.5, 0.6) is 0 Å². The van der Waals surface area contributed by atoms with Crippen molar-refractivity contribution in [2.24, 2.45) is 11.1 Å². The van der Waals surface area contributed by atoms with Crippen LogP contribution < -0.4 is 5.73 Å². The van der Waals surface area contributed by atoms with E-state index >= 15 is 0 Å². The molecule has 2 atom stereocenters. The van der Waals surface area contributed by atoms with Crippen LogP contribution in [-0.2, 0) is 0 Å². The molecule has 74 valence electrons. The summed E-state index contributed by atoms with van der Waals surface area (Å²) in [4.78, 5) is 12.2. The second kappa shape index (κ2) is 2.87. The topological polar surface area (TPSA) is 66.6 Å². The first-order valence-corrected chi connectivity index (χ1v) is 4.85. The lowest BCUT2D eigenvalue weighted by molar-refractivity contribution is 0.148. The number of carbonyl (C=O) groups is 1. The van der Waals surface area contributed by atoms with Crippen molar-refractivity contribution in [3.05, 3.63) is 0 Å². The molecule has 2 unspecified atom stereocenters. The fourth-order valence-electron chi connectivity index (χ4n) is 2.72. The predicted molar refractivity (Wildman–Crippen MR) is 48.5 cm³/mol. The summed E-state index contributed by atoms with van der Waals surface area (Å²) in [5.74, 6) is 0. The molecule has 0 aromatic heterocycles. The van der Waals surface area contributed by atoms with Crippen molar-refractivity contribution in [3.63, 3.8) is 0 Å². The highest BCUT2D eigenvalue weighted by Gasteiger charge is 2.44. The van der Waals surface area contributed by atoms with E-state index in [0.717, 1.165) is 25.7 Å². The van der Waals surface area contributed by atoms with Gasteiger partial charge in [-0.25, -0.2) is 4.79 Å². The van der Waals surface area contributed by atoms with Crippen LogP contribution in [0.25, 0.3) is 0 Å². The Hall–Kier alpha value is -0.770. The van der Waals surface area contributed by atoms with Gasteiger partial charge in [0, 0.05) is 19.1 Å². The monoisotopic (exact) mass is 184 g/mol. The average Bonchev–Trinajstić information content (AvgIpc) is 2.61. The zero-order valence-corrected chi connectivity index (χ0v) is 7.70. The zero-order valence-electron chi connectivity index (χ0n) is 7.70. The number of amides is 1. The van der Waals surface area contributed by atoms with E-state index in [1.165, 1.54) is 4.90 Å². The van der Waals surface area contributed by atoms with E-state index in [0.29, 0.717) is 19.1 Å². The molecule has 1 spiro atoms. The van der Waals surface area contributed by atoms with Gasteiger partial charge in [-0.2, -0.15) is 0 Å². The Labute approximate surface area is 77.7 Å². The molecular formula is C9H16N2O2. The molecule has 0 aromatic carbocycles. The standard InChI is InChI=1S/C9H16N2O2/c10-7-1-2-9(5-7)3-4-11(6-9)8(12)13/h7H,1-6,10H2,(H,12,13). The molecule has 2 aliphatic rings. The lowest BCUT2D eigenvalue weighted by Gasteiger charge is -2.22. The van der Waals surface area contributed by atoms with Gasteiger partial charge in [0.05, 0.1) is 0 Å². The third-order valence-electron chi connectivity index (χ3n) is 3.45. The summed E-state index contributed by atoms with van der Waals surface area (Å²) in [6, 6.07) is 0.300. The first-order valence-electron chi connectivity index (χ1n) is 4.85. The van der Waals surface area contributed by atoms with Gasteiger partial charge in [0.25, 0.3) is 0 Å². The van der Waals surface area contributed by atoms with E-state index in [1.54, 1.807) is 0 Å². The molecule has 2 rings (SSSR count). The van der Waals surface area contributed by atoms with Crippen molar-refractivity contribution in [1.82, 2.24) is 4.90 Å². The molecular weight excluding hydrogens is 168 g/mol. The molecule has 1 amide bonds. The summed E-state index contributed by atoms with van der Waals surface area (Å²) in [7, 11) is 0. The molecule has 4 nitrogen and oxygen atoms in total. The molecule has 0 bridgehead atoms. The molecule has 1 saturated heterocycles. The fourth-order valence-corrected chi connectivity index (χ4v) is 2.72. The van der Waals surface area contributed by atoms with Crippen LogP contribution in [0.15, 0.2) is 0 Å². The van der Waals surface area contributed by atoms with Crippen LogP contribution in [0.2, 0.25) is 0 Å². The second-order valence-corrected chi connectivity index (χ2v) is 4.46. The van der Waals surface area contributed by atoms with Crippen molar-refractivity contribution in [2.45, 2.75) is 31.7 Å². The SMILES string of the molecule is NC1CCC2(CCN(C(=O)O)C2)C1. The lowest BCUT2D eigenvalue weighted by atomic mass is 9.85. The molecule has 1 saturated carbocycles. The normalized spacial score (nSPS) is 38.8. The molecule has 2 fully saturated rings. The van der Waals surface area contributed by atoms with Crippen LogP contribution in [0.1, 0.15) is 25.7 Å². The molecule has 0 radical (unpaired) electrons. The molecule has 4 heteroatoms. The van der Waals surface area contributed by atoms with Crippen LogP contribution in [-0.4, -0.2) is 35.2 Å². The second-order valence-electron chi connectivity index (χ2n) is 4.46. The Balaban J connectivity index is 2.01. The minimum Gasteiger partial charge on any atom is -0.465 e. The van der Waals surface area contributed by atoms with Crippen LogP contribution >= 0.6 is 0 Å². The maximum Gasteiger partial charge on any atom is 0.407 e. The van der Waals surface area contributed by atoms with E-state index in [1.807, 2.05) is 0 Å². The summed E-state index contributed by atoms with van der Waals surface area (Å²) in [6.07, 6.45) is 3.41. The number of rotatable bonds is 0. The molecule has 1 aliphatic heterocycles. The summed E-state index contributed by atoms with van der Waals surface area (Å²) in [5.41, 5.74) is 6.08. The first kappa shape index (κ1) is 8.81. The minimum atomic E-state index is -0.780. The Bertz CT molecular complexity index is 232.